The molecule has 1 amide bonds. The summed E-state index contributed by atoms with van der Waals surface area (Å²) < 4.78 is 5.25. The maximum Gasteiger partial charge on any atom is 0.339 e. The highest BCUT2D eigenvalue weighted by molar-refractivity contribution is 6.30. The molecule has 1 aliphatic rings. The van der Waals surface area contributed by atoms with Crippen molar-refractivity contribution in [2.75, 3.05) is 0 Å². The van der Waals surface area contributed by atoms with Crippen molar-refractivity contribution in [2.24, 2.45) is 0 Å². The first-order valence-corrected chi connectivity index (χ1v) is 8.74. The minimum absolute atomic E-state index is 0.124. The molecule has 3 rings (SSSR count). The first kappa shape index (κ1) is 18.1. The van der Waals surface area contributed by atoms with Crippen LogP contribution in [0.2, 0.25) is 5.02 Å². The van der Waals surface area contributed by atoms with Crippen LogP contribution < -0.4 is 5.32 Å². The van der Waals surface area contributed by atoms with Crippen molar-refractivity contribution in [3.05, 3.63) is 70.2 Å². The molecule has 2 aromatic carbocycles. The summed E-state index contributed by atoms with van der Waals surface area (Å²) in [7, 11) is 0. The van der Waals surface area contributed by atoms with Gasteiger partial charge in [-0.2, -0.15) is 0 Å². The predicted octanol–water partition coefficient (Wildman–Crippen LogP) is 3.39. The number of ether oxygens (including phenoxy) is 1. The number of benzene rings is 2. The van der Waals surface area contributed by atoms with Crippen molar-refractivity contribution in [3.8, 4) is 0 Å². The number of ketones is 1. The van der Waals surface area contributed by atoms with Crippen molar-refractivity contribution < 1.29 is 19.1 Å². The molecule has 0 bridgehead atoms. The van der Waals surface area contributed by atoms with Crippen molar-refractivity contribution in [3.63, 3.8) is 0 Å². The number of carbonyl (C=O) groups excluding carboxylic acids is 3. The van der Waals surface area contributed by atoms with Gasteiger partial charge in [0.1, 0.15) is 0 Å². The van der Waals surface area contributed by atoms with Gasteiger partial charge in [0.05, 0.1) is 5.56 Å². The lowest BCUT2D eigenvalue weighted by molar-refractivity contribution is -0.129. The Morgan fingerprint density at radius 2 is 1.65 bits per heavy atom. The molecule has 1 aliphatic carbocycles. The van der Waals surface area contributed by atoms with E-state index in [0.717, 1.165) is 12.8 Å². The van der Waals surface area contributed by atoms with Crippen LogP contribution in [0.1, 0.15) is 46.0 Å². The molecule has 5 nitrogen and oxygen atoms in total. The topological polar surface area (TPSA) is 72.5 Å². The molecule has 1 atom stereocenters. The summed E-state index contributed by atoms with van der Waals surface area (Å²) in [5.74, 6) is -1.35. The Morgan fingerprint density at radius 3 is 2.27 bits per heavy atom. The molecule has 1 saturated carbocycles. The van der Waals surface area contributed by atoms with E-state index >= 15 is 0 Å². The number of hydrogen-bond donors (Lipinski definition) is 1. The maximum absolute atomic E-state index is 12.7. The van der Waals surface area contributed by atoms with E-state index in [0.29, 0.717) is 10.6 Å². The fourth-order valence-corrected chi connectivity index (χ4v) is 2.57. The normalized spacial score (nSPS) is 14.4. The second kappa shape index (κ2) is 7.70. The molecule has 0 aliphatic heterocycles. The van der Waals surface area contributed by atoms with Crippen molar-refractivity contribution in [1.82, 2.24) is 5.32 Å². The lowest BCUT2D eigenvalue weighted by Gasteiger charge is -2.14. The van der Waals surface area contributed by atoms with Crippen LogP contribution in [0.3, 0.4) is 0 Å². The Hall–Kier alpha value is -2.66. The molecule has 2 aromatic rings. The molecule has 1 fully saturated rings. The molecular weight excluding hydrogens is 354 g/mol. The minimum atomic E-state index is -0.929. The average molecular weight is 372 g/mol. The van der Waals surface area contributed by atoms with Crippen molar-refractivity contribution in [1.29, 1.82) is 0 Å². The zero-order valence-corrected chi connectivity index (χ0v) is 15.0. The fraction of sp³-hybridized carbons (Fsp3) is 0.250. The van der Waals surface area contributed by atoms with Crippen LogP contribution in [0.15, 0.2) is 48.5 Å². The van der Waals surface area contributed by atoms with Crippen molar-refractivity contribution in [2.45, 2.75) is 31.9 Å². The Labute approximate surface area is 156 Å². The van der Waals surface area contributed by atoms with E-state index in [9.17, 15) is 14.4 Å². The molecule has 0 radical (unpaired) electrons. The third kappa shape index (κ3) is 4.29. The van der Waals surface area contributed by atoms with Crippen LogP contribution in [0, 0.1) is 0 Å². The van der Waals surface area contributed by atoms with Crippen LogP contribution in [-0.4, -0.2) is 29.8 Å². The Bertz CT molecular complexity index is 843. The third-order valence-electron chi connectivity index (χ3n) is 4.07. The predicted molar refractivity (Wildman–Crippen MR) is 97.4 cm³/mol. The zero-order chi connectivity index (χ0) is 18.7. The zero-order valence-electron chi connectivity index (χ0n) is 14.2. The van der Waals surface area contributed by atoms with Crippen LogP contribution in [0.25, 0.3) is 0 Å². The van der Waals surface area contributed by atoms with Gasteiger partial charge in [0, 0.05) is 22.2 Å². The van der Waals surface area contributed by atoms with Gasteiger partial charge >= 0.3 is 5.97 Å². The maximum atomic E-state index is 12.7. The summed E-state index contributed by atoms with van der Waals surface area (Å²) in [4.78, 5) is 37.2. The number of rotatable bonds is 6. The van der Waals surface area contributed by atoms with Gasteiger partial charge in [-0.15, -0.1) is 0 Å². The highest BCUT2D eigenvalue weighted by Gasteiger charge is 2.28. The van der Waals surface area contributed by atoms with Gasteiger partial charge in [-0.1, -0.05) is 29.8 Å². The number of carbonyl (C=O) groups is 3. The van der Waals surface area contributed by atoms with Gasteiger partial charge in [0.15, 0.2) is 11.9 Å². The lowest BCUT2D eigenvalue weighted by atomic mass is 9.98. The smallest absolute Gasteiger partial charge is 0.339 e. The van der Waals surface area contributed by atoms with Gasteiger partial charge in [-0.05, 0) is 50.1 Å². The van der Waals surface area contributed by atoms with E-state index in [1.165, 1.54) is 13.0 Å². The molecule has 0 saturated heterocycles. The number of amides is 1. The molecular formula is C20H18ClNO4. The summed E-state index contributed by atoms with van der Waals surface area (Å²) in [6.45, 7) is 1.51. The fourth-order valence-electron chi connectivity index (χ4n) is 2.44. The van der Waals surface area contributed by atoms with E-state index in [1.54, 1.807) is 42.5 Å². The minimum Gasteiger partial charge on any atom is -0.449 e. The largest absolute Gasteiger partial charge is 0.449 e. The SMILES string of the molecule is C[C@@H](OC(=O)c1ccccc1C(=O)c1ccc(Cl)cc1)C(=O)NC1CC1. The standard InChI is InChI=1S/C20H18ClNO4/c1-12(19(24)22-15-10-11-15)26-20(25)17-5-3-2-4-16(17)18(23)13-6-8-14(21)9-7-13/h2-9,12,15H,10-11H2,1H3,(H,22,24)/t12-/m1/s1. The van der Waals surface area contributed by atoms with Gasteiger partial charge in [0.25, 0.3) is 5.91 Å². The van der Waals surface area contributed by atoms with Gasteiger partial charge in [-0.3, -0.25) is 9.59 Å². The first-order chi connectivity index (χ1) is 12.5. The second-order valence-corrected chi connectivity index (χ2v) is 6.65. The van der Waals surface area contributed by atoms with E-state index < -0.39 is 12.1 Å². The van der Waals surface area contributed by atoms with Gasteiger partial charge in [-0.25, -0.2) is 4.79 Å². The molecule has 0 spiro atoms. The van der Waals surface area contributed by atoms with Crippen LogP contribution >= 0.6 is 11.6 Å². The number of halogens is 1. The number of nitrogens with one attached hydrogen (secondary N) is 1. The summed E-state index contributed by atoms with van der Waals surface area (Å²) in [5, 5.41) is 3.30. The molecule has 26 heavy (non-hydrogen) atoms. The molecule has 0 heterocycles. The molecule has 0 aromatic heterocycles. The summed E-state index contributed by atoms with van der Waals surface area (Å²) >= 11 is 5.85. The molecule has 0 unspecified atom stereocenters. The monoisotopic (exact) mass is 371 g/mol. The Balaban J connectivity index is 1.77. The molecule has 1 N–H and O–H groups in total. The van der Waals surface area contributed by atoms with E-state index in [1.807, 2.05) is 0 Å². The van der Waals surface area contributed by atoms with Crippen LogP contribution in [0.5, 0.6) is 0 Å². The summed E-state index contributed by atoms with van der Waals surface area (Å²) in [6, 6.07) is 13.0. The Kier molecular flexibility index (Phi) is 5.38. The molecule has 134 valence electrons. The van der Waals surface area contributed by atoms with Gasteiger partial charge in [0.2, 0.25) is 0 Å². The quantitative estimate of drug-likeness (QED) is 0.624. The van der Waals surface area contributed by atoms with Gasteiger partial charge < -0.3 is 10.1 Å². The second-order valence-electron chi connectivity index (χ2n) is 6.21. The first-order valence-electron chi connectivity index (χ1n) is 8.36. The number of esters is 1. The number of hydrogen-bond acceptors (Lipinski definition) is 4. The highest BCUT2D eigenvalue weighted by atomic mass is 35.5. The summed E-state index contributed by atoms with van der Waals surface area (Å²) in [6.07, 6.45) is 0.970. The highest BCUT2D eigenvalue weighted by Crippen LogP contribution is 2.20. The Morgan fingerprint density at radius 1 is 1.04 bits per heavy atom. The van der Waals surface area contributed by atoms with Crippen LogP contribution in [-0.2, 0) is 9.53 Å². The average Bonchev–Trinajstić information content (AvgIpc) is 3.45. The third-order valence-corrected chi connectivity index (χ3v) is 4.33. The van der Waals surface area contributed by atoms with E-state index in [-0.39, 0.29) is 28.9 Å². The lowest BCUT2D eigenvalue weighted by Crippen LogP contribution is -2.37. The van der Waals surface area contributed by atoms with E-state index in [2.05, 4.69) is 5.32 Å². The van der Waals surface area contributed by atoms with Crippen LogP contribution in [0.4, 0.5) is 0 Å². The van der Waals surface area contributed by atoms with Crippen molar-refractivity contribution >= 4 is 29.3 Å². The molecule has 6 heteroatoms. The van der Waals surface area contributed by atoms with E-state index in [4.69, 9.17) is 16.3 Å². The summed E-state index contributed by atoms with van der Waals surface area (Å²) in [5.41, 5.74) is 0.752.